The topological polar surface area (TPSA) is 63.2 Å². The molecule has 10 rings (SSSR count). The normalized spacial score (nSPS) is 14.7. The van der Waals surface area contributed by atoms with E-state index < -0.39 is 0 Å². The van der Waals surface area contributed by atoms with E-state index in [1.807, 2.05) is 35.6 Å². The summed E-state index contributed by atoms with van der Waals surface area (Å²) in [4.78, 5) is 0. The van der Waals surface area contributed by atoms with Crippen molar-refractivity contribution < 1.29 is 4.42 Å². The molecule has 0 aliphatic carbocycles. The van der Waals surface area contributed by atoms with Crippen LogP contribution < -0.4 is 16.4 Å². The van der Waals surface area contributed by atoms with Crippen molar-refractivity contribution in [3.63, 3.8) is 0 Å². The summed E-state index contributed by atoms with van der Waals surface area (Å²) < 4.78 is 9.03. The summed E-state index contributed by atoms with van der Waals surface area (Å²) in [5.41, 5.74) is 16.7. The molecule has 0 saturated carbocycles. The third-order valence-electron chi connectivity index (χ3n) is 10.3. The van der Waals surface area contributed by atoms with Gasteiger partial charge in [0.15, 0.2) is 0 Å². The second-order valence-corrected chi connectivity index (χ2v) is 14.2. The van der Waals surface area contributed by atoms with E-state index in [1.165, 1.54) is 64.4 Å². The largest absolute Gasteiger partial charge is 0.438 e. The molecule has 5 heteroatoms. The first-order valence-electron chi connectivity index (χ1n) is 17.1. The molecule has 0 spiro atoms. The van der Waals surface area contributed by atoms with Crippen LogP contribution in [0.4, 0.5) is 17.3 Å². The van der Waals surface area contributed by atoms with Crippen molar-refractivity contribution in [3.8, 4) is 22.3 Å². The molecule has 0 fully saturated rings. The van der Waals surface area contributed by atoms with Gasteiger partial charge in [-0.15, -0.1) is 11.3 Å². The average molecular weight is 664 g/mol. The molecule has 240 valence electrons. The zero-order valence-electron chi connectivity index (χ0n) is 27.2. The molecule has 2 unspecified atom stereocenters. The highest BCUT2D eigenvalue weighted by atomic mass is 32.1. The zero-order chi connectivity index (χ0) is 33.2. The Morgan fingerprint density at radius 1 is 0.660 bits per heavy atom. The first-order chi connectivity index (χ1) is 24.7. The molecule has 0 bridgehead atoms. The number of benzene rings is 7. The molecule has 4 N–H and O–H groups in total. The summed E-state index contributed by atoms with van der Waals surface area (Å²) in [6, 6.07) is 53.8. The van der Waals surface area contributed by atoms with Gasteiger partial charge >= 0.3 is 0 Å². The van der Waals surface area contributed by atoms with Crippen molar-refractivity contribution >= 4 is 70.5 Å². The highest BCUT2D eigenvalue weighted by Crippen LogP contribution is 2.51. The summed E-state index contributed by atoms with van der Waals surface area (Å²) in [5, 5.41) is 14.0. The van der Waals surface area contributed by atoms with Gasteiger partial charge in [0.2, 0.25) is 5.88 Å². The lowest BCUT2D eigenvalue weighted by Crippen LogP contribution is -2.34. The van der Waals surface area contributed by atoms with Gasteiger partial charge < -0.3 is 20.8 Å². The number of hydrogen-bond acceptors (Lipinski definition) is 5. The Kier molecular flexibility index (Phi) is 6.68. The van der Waals surface area contributed by atoms with E-state index in [0.29, 0.717) is 11.6 Å². The Hall–Kier alpha value is -6.04. The Bertz CT molecular complexity index is 2710. The molecule has 4 nitrogen and oxygen atoms in total. The number of nitrogens with one attached hydrogen (secondary N) is 2. The van der Waals surface area contributed by atoms with Gasteiger partial charge in [0, 0.05) is 36.5 Å². The molecule has 1 aliphatic heterocycles. The number of fused-ring (bicyclic) bond motifs is 11. The number of thiophene rings is 1. The number of para-hydroxylation sites is 1. The van der Waals surface area contributed by atoms with Gasteiger partial charge in [-0.3, -0.25) is 0 Å². The van der Waals surface area contributed by atoms with E-state index in [-0.39, 0.29) is 12.1 Å². The first kappa shape index (κ1) is 28.9. The van der Waals surface area contributed by atoms with E-state index in [2.05, 4.69) is 138 Å². The molecule has 50 heavy (non-hydrogen) atoms. The number of furan rings is 1. The predicted molar refractivity (Wildman–Crippen MR) is 212 cm³/mol. The molecule has 7 aromatic carbocycles. The van der Waals surface area contributed by atoms with Crippen LogP contribution in [0.25, 0.3) is 64.2 Å². The van der Waals surface area contributed by atoms with Gasteiger partial charge in [-0.2, -0.15) is 0 Å². The third-order valence-corrected chi connectivity index (χ3v) is 11.5. The summed E-state index contributed by atoms with van der Waals surface area (Å²) in [5.74, 6) is 0.590. The fourth-order valence-electron chi connectivity index (χ4n) is 7.92. The van der Waals surface area contributed by atoms with Crippen molar-refractivity contribution in [1.82, 2.24) is 0 Å². The van der Waals surface area contributed by atoms with Crippen LogP contribution in [0.5, 0.6) is 0 Å². The fourth-order valence-corrected chi connectivity index (χ4v) is 9.21. The van der Waals surface area contributed by atoms with Crippen molar-refractivity contribution in [2.45, 2.75) is 18.5 Å². The molecule has 0 radical (unpaired) electrons. The van der Waals surface area contributed by atoms with Crippen LogP contribution in [-0.4, -0.2) is 6.04 Å². The van der Waals surface area contributed by atoms with Crippen LogP contribution in [0, 0.1) is 0 Å². The number of nitrogens with two attached hydrogens (primary N) is 1. The van der Waals surface area contributed by atoms with Crippen LogP contribution in [-0.2, 0) is 6.42 Å². The van der Waals surface area contributed by atoms with E-state index in [1.54, 1.807) is 0 Å². The third kappa shape index (κ3) is 4.58. The second-order valence-electron chi connectivity index (χ2n) is 13.2. The summed E-state index contributed by atoms with van der Waals surface area (Å²) >= 11 is 1.89. The zero-order valence-corrected chi connectivity index (χ0v) is 28.0. The quantitative estimate of drug-likeness (QED) is 0.171. The Labute approximate surface area is 293 Å². The monoisotopic (exact) mass is 663 g/mol. The van der Waals surface area contributed by atoms with Crippen LogP contribution in [0.2, 0.25) is 0 Å². The minimum atomic E-state index is -0.182. The number of nitrogen functional groups attached to an aromatic ring is 1. The molecule has 9 aromatic rings. The summed E-state index contributed by atoms with van der Waals surface area (Å²) in [6.07, 6.45) is 0.795. The molecule has 0 amide bonds. The van der Waals surface area contributed by atoms with Gasteiger partial charge in [-0.25, -0.2) is 0 Å². The number of hydrogen-bond donors (Lipinski definition) is 3. The minimum absolute atomic E-state index is 0.0529. The van der Waals surface area contributed by atoms with Gasteiger partial charge in [-0.1, -0.05) is 133 Å². The number of rotatable bonds is 5. The van der Waals surface area contributed by atoms with E-state index in [0.717, 1.165) is 23.0 Å². The smallest absolute Gasteiger partial charge is 0.218 e. The van der Waals surface area contributed by atoms with Gasteiger partial charge in [0.05, 0.1) is 17.8 Å². The molecule has 2 aromatic heterocycles. The Morgan fingerprint density at radius 2 is 1.32 bits per heavy atom. The molecular weight excluding hydrogens is 631 g/mol. The maximum absolute atomic E-state index is 6.78. The van der Waals surface area contributed by atoms with Crippen molar-refractivity contribution in [1.29, 1.82) is 0 Å². The van der Waals surface area contributed by atoms with E-state index >= 15 is 0 Å². The lowest BCUT2D eigenvalue weighted by molar-refractivity contribution is 0.569. The maximum Gasteiger partial charge on any atom is 0.218 e. The van der Waals surface area contributed by atoms with Crippen LogP contribution in [0.15, 0.2) is 156 Å². The summed E-state index contributed by atoms with van der Waals surface area (Å²) in [6.45, 7) is 0. The molecular formula is C45H33N3OS. The van der Waals surface area contributed by atoms with Crippen LogP contribution >= 0.6 is 11.3 Å². The van der Waals surface area contributed by atoms with Crippen LogP contribution in [0.3, 0.4) is 0 Å². The number of anilines is 3. The highest BCUT2D eigenvalue weighted by molar-refractivity contribution is 7.26. The molecule has 3 heterocycles. The fraction of sp³-hybridized carbons (Fsp3) is 0.0667. The minimum Gasteiger partial charge on any atom is -0.438 e. The van der Waals surface area contributed by atoms with Crippen molar-refractivity contribution in [3.05, 3.63) is 163 Å². The lowest BCUT2D eigenvalue weighted by atomic mass is 9.90. The lowest BCUT2D eigenvalue weighted by Gasteiger charge is -2.30. The van der Waals surface area contributed by atoms with Crippen molar-refractivity contribution in [2.24, 2.45) is 0 Å². The Balaban J connectivity index is 1.19. The second kappa shape index (κ2) is 11.5. The van der Waals surface area contributed by atoms with Gasteiger partial charge in [0.25, 0.3) is 0 Å². The average Bonchev–Trinajstić information content (AvgIpc) is 3.65. The van der Waals surface area contributed by atoms with Gasteiger partial charge in [-0.05, 0) is 57.8 Å². The van der Waals surface area contributed by atoms with E-state index in [9.17, 15) is 0 Å². The first-order valence-corrected chi connectivity index (χ1v) is 17.9. The van der Waals surface area contributed by atoms with Crippen molar-refractivity contribution in [2.75, 3.05) is 16.4 Å². The highest BCUT2D eigenvalue weighted by Gasteiger charge is 2.32. The predicted octanol–water partition coefficient (Wildman–Crippen LogP) is 12.1. The van der Waals surface area contributed by atoms with Gasteiger partial charge in [0.1, 0.15) is 11.3 Å². The SMILES string of the molecule is Nc1c(NC(c2ccc(-c3ccccc3)cc2)C2Cc3ccccc3-c3c(c4ccccc4c4c3sc3ccccc34)N2)oc2ccccc12. The molecule has 1 aliphatic rings. The molecule has 0 saturated heterocycles. The molecule has 2 atom stereocenters. The van der Waals surface area contributed by atoms with E-state index in [4.69, 9.17) is 10.2 Å². The maximum atomic E-state index is 6.78. The van der Waals surface area contributed by atoms with Crippen LogP contribution in [0.1, 0.15) is 17.2 Å². The summed E-state index contributed by atoms with van der Waals surface area (Å²) in [7, 11) is 0. The Morgan fingerprint density at radius 3 is 2.14 bits per heavy atom. The standard InChI is InChI=1S/C45H33N3OS/c46-41-34-18-8-10-20-37(34)49-45(41)48-42(29-24-22-28(23-25-29)27-12-2-1-3-13-27)36-26-30-14-4-5-15-31(30)40-43(47-36)33-17-7-6-16-32(33)39-35-19-9-11-21-38(35)50-44(39)40/h1-25,36,42,47-48H,26,46H2.